The lowest BCUT2D eigenvalue weighted by atomic mass is 9.76. The third kappa shape index (κ3) is 2.99. The third-order valence-electron chi connectivity index (χ3n) is 5.55. The largest absolute Gasteiger partial charge is 0.433 e. The van der Waals surface area contributed by atoms with Gasteiger partial charge >= 0.3 is 6.18 Å². The van der Waals surface area contributed by atoms with Crippen molar-refractivity contribution in [2.24, 2.45) is 0 Å². The van der Waals surface area contributed by atoms with Gasteiger partial charge in [-0.05, 0) is 18.1 Å². The molecule has 0 N–H and O–H groups in total. The van der Waals surface area contributed by atoms with Crippen molar-refractivity contribution in [2.75, 3.05) is 31.6 Å². The number of carbonyl (C=O) groups excluding carboxylic acids is 1. The quantitative estimate of drug-likeness (QED) is 0.786. The molecule has 3 heterocycles. The molecule has 0 spiro atoms. The lowest BCUT2D eigenvalue weighted by Crippen LogP contribution is -2.67. The summed E-state index contributed by atoms with van der Waals surface area (Å²) in [7, 11) is 1.75. The third-order valence-corrected chi connectivity index (χ3v) is 5.55. The number of ether oxygens (including phenoxy) is 1. The molecule has 0 unspecified atom stereocenters. The highest BCUT2D eigenvalue weighted by atomic mass is 19.4. The van der Waals surface area contributed by atoms with Crippen LogP contribution in [-0.2, 0) is 21.2 Å². The molecule has 148 valence electrons. The van der Waals surface area contributed by atoms with E-state index in [1.165, 1.54) is 0 Å². The van der Waals surface area contributed by atoms with Crippen molar-refractivity contribution >= 4 is 11.9 Å². The first-order valence-electron chi connectivity index (χ1n) is 8.91. The van der Waals surface area contributed by atoms with Gasteiger partial charge in [0.15, 0.2) is 0 Å². The van der Waals surface area contributed by atoms with E-state index in [2.05, 4.69) is 9.97 Å². The number of hydrogen-bond donors (Lipinski definition) is 0. The number of fused-ring (bicyclic) bond motifs is 1. The molecule has 0 saturated carbocycles. The van der Waals surface area contributed by atoms with E-state index in [1.54, 1.807) is 16.8 Å². The Labute approximate surface area is 159 Å². The predicted octanol–water partition coefficient (Wildman–Crippen LogP) is 2.46. The minimum Gasteiger partial charge on any atom is -0.364 e. The van der Waals surface area contributed by atoms with Gasteiger partial charge in [0.2, 0.25) is 11.9 Å². The van der Waals surface area contributed by atoms with Crippen LogP contribution in [0.1, 0.15) is 17.7 Å². The molecule has 6 nitrogen and oxygen atoms in total. The Hall–Kier alpha value is -2.68. The first-order chi connectivity index (χ1) is 13.3. The van der Waals surface area contributed by atoms with Gasteiger partial charge in [-0.3, -0.25) is 4.79 Å². The zero-order valence-corrected chi connectivity index (χ0v) is 15.2. The van der Waals surface area contributed by atoms with E-state index in [9.17, 15) is 18.0 Å². The van der Waals surface area contributed by atoms with Crippen LogP contribution in [0.25, 0.3) is 0 Å². The molecule has 1 amide bonds. The number of piperidine rings is 1. The second-order valence-electron chi connectivity index (χ2n) is 6.98. The van der Waals surface area contributed by atoms with Crippen molar-refractivity contribution in [1.29, 1.82) is 0 Å². The molecule has 2 aromatic rings. The second kappa shape index (κ2) is 6.73. The summed E-state index contributed by atoms with van der Waals surface area (Å²) in [6.07, 6.45) is -3.34. The molecule has 2 aliphatic rings. The maximum Gasteiger partial charge on any atom is 0.433 e. The summed E-state index contributed by atoms with van der Waals surface area (Å²) in [4.78, 5) is 23.5. The van der Waals surface area contributed by atoms with E-state index in [1.807, 2.05) is 30.3 Å². The molecule has 1 aromatic carbocycles. The molecule has 0 radical (unpaired) electrons. The average molecular weight is 392 g/mol. The summed E-state index contributed by atoms with van der Waals surface area (Å²) in [6, 6.07) is 10.4. The Morgan fingerprint density at radius 2 is 1.96 bits per heavy atom. The number of anilines is 1. The number of benzene rings is 1. The van der Waals surface area contributed by atoms with Crippen LogP contribution >= 0.6 is 0 Å². The normalized spacial score (nSPS) is 25.6. The van der Waals surface area contributed by atoms with Crippen molar-refractivity contribution in [3.8, 4) is 0 Å². The molecule has 1 aromatic heterocycles. The lowest BCUT2D eigenvalue weighted by molar-refractivity contribution is -0.173. The van der Waals surface area contributed by atoms with Crippen LogP contribution in [0, 0.1) is 0 Å². The van der Waals surface area contributed by atoms with Gasteiger partial charge in [-0.25, -0.2) is 9.97 Å². The smallest absolute Gasteiger partial charge is 0.364 e. The number of hydrogen-bond acceptors (Lipinski definition) is 5. The lowest BCUT2D eigenvalue weighted by Gasteiger charge is -2.54. The zero-order valence-electron chi connectivity index (χ0n) is 15.2. The summed E-state index contributed by atoms with van der Waals surface area (Å²) in [6.45, 7) is 0.620. The fourth-order valence-electron chi connectivity index (χ4n) is 4.07. The number of likely N-dealkylation sites (N-methyl/N-ethyl adjacent to an activating group) is 1. The van der Waals surface area contributed by atoms with E-state index in [-0.39, 0.29) is 25.0 Å². The number of alkyl halides is 3. The molecule has 0 bridgehead atoms. The standard InChI is InChI=1S/C19H19F3N4O2/c1-25-16(27)12-28-15-11-26(17-23-9-7-14(24-17)19(20,21)22)10-8-18(15,25)13-5-3-2-4-6-13/h2-7,9,15H,8,10-12H2,1H3/t15-,18+/m1/s1. The van der Waals surface area contributed by atoms with Gasteiger partial charge in [0.25, 0.3) is 0 Å². The monoisotopic (exact) mass is 392 g/mol. The SMILES string of the molecule is CN1C(=O)CO[C@@H]2CN(c3nccc(C(F)(F)F)n3)CC[C@]21c1ccccc1. The van der Waals surface area contributed by atoms with Crippen LogP contribution < -0.4 is 4.90 Å². The Kier molecular flexibility index (Phi) is 4.49. The van der Waals surface area contributed by atoms with Crippen molar-refractivity contribution in [3.63, 3.8) is 0 Å². The van der Waals surface area contributed by atoms with E-state index >= 15 is 0 Å². The van der Waals surface area contributed by atoms with Crippen LogP contribution in [0.2, 0.25) is 0 Å². The zero-order chi connectivity index (χ0) is 19.9. The second-order valence-corrected chi connectivity index (χ2v) is 6.98. The molecule has 2 saturated heterocycles. The summed E-state index contributed by atoms with van der Waals surface area (Å²) in [5.74, 6) is -0.108. The van der Waals surface area contributed by atoms with Crippen molar-refractivity contribution in [1.82, 2.24) is 14.9 Å². The molecule has 0 aliphatic carbocycles. The molecule has 2 fully saturated rings. The minimum absolute atomic E-state index is 0.0136. The van der Waals surface area contributed by atoms with E-state index < -0.39 is 23.5 Å². The maximum atomic E-state index is 13.0. The highest BCUT2D eigenvalue weighted by Crippen LogP contribution is 2.42. The molecular weight excluding hydrogens is 373 g/mol. The Bertz CT molecular complexity index is 877. The topological polar surface area (TPSA) is 58.6 Å². The fourth-order valence-corrected chi connectivity index (χ4v) is 4.07. The van der Waals surface area contributed by atoms with Gasteiger partial charge in [0, 0.05) is 26.3 Å². The Balaban J connectivity index is 1.67. The molecular formula is C19H19F3N4O2. The van der Waals surface area contributed by atoms with Crippen LogP contribution in [0.3, 0.4) is 0 Å². The van der Waals surface area contributed by atoms with Crippen LogP contribution in [0.4, 0.5) is 19.1 Å². The molecule has 9 heteroatoms. The molecule has 2 aliphatic heterocycles. The number of amides is 1. The highest BCUT2D eigenvalue weighted by Gasteiger charge is 2.53. The number of carbonyl (C=O) groups is 1. The van der Waals surface area contributed by atoms with E-state index in [0.29, 0.717) is 13.0 Å². The first-order valence-corrected chi connectivity index (χ1v) is 8.91. The van der Waals surface area contributed by atoms with Gasteiger partial charge < -0.3 is 14.5 Å². The minimum atomic E-state index is -4.53. The van der Waals surface area contributed by atoms with Gasteiger partial charge in [-0.15, -0.1) is 0 Å². The van der Waals surface area contributed by atoms with E-state index in [4.69, 9.17) is 4.74 Å². The number of rotatable bonds is 2. The molecule has 2 atom stereocenters. The summed E-state index contributed by atoms with van der Waals surface area (Å²) < 4.78 is 44.9. The summed E-state index contributed by atoms with van der Waals surface area (Å²) in [5, 5.41) is 0. The van der Waals surface area contributed by atoms with Crippen LogP contribution in [-0.4, -0.2) is 53.6 Å². The highest BCUT2D eigenvalue weighted by molar-refractivity contribution is 5.79. The van der Waals surface area contributed by atoms with Gasteiger partial charge in [0.1, 0.15) is 18.4 Å². The fraction of sp³-hybridized carbons (Fsp3) is 0.421. The Morgan fingerprint density at radius 1 is 1.21 bits per heavy atom. The van der Waals surface area contributed by atoms with Crippen LogP contribution in [0.15, 0.2) is 42.6 Å². The predicted molar refractivity (Wildman–Crippen MR) is 94.5 cm³/mol. The van der Waals surface area contributed by atoms with Crippen molar-refractivity contribution in [3.05, 3.63) is 53.9 Å². The molecule has 4 rings (SSSR count). The summed E-state index contributed by atoms with van der Waals surface area (Å²) >= 11 is 0. The molecule has 28 heavy (non-hydrogen) atoms. The first kappa shape index (κ1) is 18.7. The van der Waals surface area contributed by atoms with Gasteiger partial charge in [-0.2, -0.15) is 13.2 Å². The average Bonchev–Trinajstić information content (AvgIpc) is 2.71. The maximum absolute atomic E-state index is 13.0. The number of aromatic nitrogens is 2. The van der Waals surface area contributed by atoms with Crippen molar-refractivity contribution < 1.29 is 22.7 Å². The van der Waals surface area contributed by atoms with Gasteiger partial charge in [0.05, 0.1) is 5.54 Å². The summed E-state index contributed by atoms with van der Waals surface area (Å²) in [5.41, 5.74) is -0.705. The van der Waals surface area contributed by atoms with Crippen LogP contribution in [0.5, 0.6) is 0 Å². The van der Waals surface area contributed by atoms with Gasteiger partial charge in [-0.1, -0.05) is 30.3 Å². The van der Waals surface area contributed by atoms with E-state index in [0.717, 1.165) is 17.8 Å². The number of morpholine rings is 1. The van der Waals surface area contributed by atoms with Crippen molar-refractivity contribution in [2.45, 2.75) is 24.2 Å². The number of nitrogens with zero attached hydrogens (tertiary/aromatic N) is 4. The number of halogens is 3. The Morgan fingerprint density at radius 3 is 2.68 bits per heavy atom.